The number of hydrogen-bond acceptors (Lipinski definition) is 1. The van der Waals surface area contributed by atoms with Crippen LogP contribution >= 0.6 is 15.9 Å². The highest BCUT2D eigenvalue weighted by molar-refractivity contribution is 9.09. The van der Waals surface area contributed by atoms with Gasteiger partial charge in [0, 0.05) is 10.9 Å². The van der Waals surface area contributed by atoms with Crippen molar-refractivity contribution in [3.63, 3.8) is 0 Å². The maximum absolute atomic E-state index is 13.6. The highest BCUT2D eigenvalue weighted by Crippen LogP contribution is 2.39. The predicted octanol–water partition coefficient (Wildman–Crippen LogP) is 5.32. The SMILES string of the molecule is CC(C)C1CCC(CBr)(OCc2ccccc2F)CC1. The Hall–Kier alpha value is -0.410. The third-order valence-corrected chi connectivity index (χ3v) is 5.64. The Balaban J connectivity index is 1.95. The van der Waals surface area contributed by atoms with E-state index in [1.54, 1.807) is 12.1 Å². The van der Waals surface area contributed by atoms with Crippen LogP contribution < -0.4 is 0 Å². The van der Waals surface area contributed by atoms with E-state index in [0.29, 0.717) is 12.2 Å². The van der Waals surface area contributed by atoms with Gasteiger partial charge < -0.3 is 4.74 Å². The van der Waals surface area contributed by atoms with Crippen molar-refractivity contribution in [1.29, 1.82) is 0 Å². The van der Waals surface area contributed by atoms with Crippen LogP contribution in [0.25, 0.3) is 0 Å². The summed E-state index contributed by atoms with van der Waals surface area (Å²) >= 11 is 3.60. The first-order chi connectivity index (χ1) is 9.56. The molecule has 1 aromatic carbocycles. The average Bonchev–Trinajstić information content (AvgIpc) is 2.47. The van der Waals surface area contributed by atoms with Crippen molar-refractivity contribution in [3.8, 4) is 0 Å². The van der Waals surface area contributed by atoms with Crippen molar-refractivity contribution >= 4 is 15.9 Å². The monoisotopic (exact) mass is 342 g/mol. The van der Waals surface area contributed by atoms with Gasteiger partial charge in [-0.15, -0.1) is 0 Å². The van der Waals surface area contributed by atoms with Gasteiger partial charge in [-0.1, -0.05) is 48.0 Å². The Kier molecular flexibility index (Phi) is 5.62. The van der Waals surface area contributed by atoms with Crippen molar-refractivity contribution in [2.24, 2.45) is 11.8 Å². The molecule has 2 rings (SSSR count). The zero-order chi connectivity index (χ0) is 14.6. The predicted molar refractivity (Wildman–Crippen MR) is 84.5 cm³/mol. The normalized spacial score (nSPS) is 26.9. The zero-order valence-corrected chi connectivity index (χ0v) is 14.0. The van der Waals surface area contributed by atoms with E-state index in [0.717, 1.165) is 30.0 Å². The molecule has 0 heterocycles. The molecular formula is C17H24BrFO. The third-order valence-electron chi connectivity index (χ3n) is 4.62. The molecule has 1 fully saturated rings. The van der Waals surface area contributed by atoms with Gasteiger partial charge in [-0.3, -0.25) is 0 Å². The van der Waals surface area contributed by atoms with Crippen molar-refractivity contribution in [1.82, 2.24) is 0 Å². The van der Waals surface area contributed by atoms with Gasteiger partial charge in [0.1, 0.15) is 5.82 Å². The van der Waals surface area contributed by atoms with E-state index < -0.39 is 0 Å². The van der Waals surface area contributed by atoms with E-state index in [9.17, 15) is 4.39 Å². The molecule has 1 aromatic rings. The van der Waals surface area contributed by atoms with Gasteiger partial charge in [-0.25, -0.2) is 4.39 Å². The molecule has 1 saturated carbocycles. The topological polar surface area (TPSA) is 9.23 Å². The molecule has 0 saturated heterocycles. The molecule has 1 aliphatic rings. The van der Waals surface area contributed by atoms with Crippen LogP contribution in [0.5, 0.6) is 0 Å². The maximum Gasteiger partial charge on any atom is 0.128 e. The fourth-order valence-corrected chi connectivity index (χ4v) is 3.72. The molecule has 0 spiro atoms. The van der Waals surface area contributed by atoms with Crippen LogP contribution in [0.1, 0.15) is 45.1 Å². The van der Waals surface area contributed by atoms with Crippen LogP contribution in [0.15, 0.2) is 24.3 Å². The van der Waals surface area contributed by atoms with Gasteiger partial charge in [0.25, 0.3) is 0 Å². The second-order valence-corrected chi connectivity index (χ2v) is 6.84. The molecule has 0 N–H and O–H groups in total. The number of ether oxygens (including phenoxy) is 1. The molecular weight excluding hydrogens is 319 g/mol. The Morgan fingerprint density at radius 2 is 1.95 bits per heavy atom. The minimum Gasteiger partial charge on any atom is -0.369 e. The van der Waals surface area contributed by atoms with E-state index in [1.165, 1.54) is 18.9 Å². The van der Waals surface area contributed by atoms with Crippen molar-refractivity contribution < 1.29 is 9.13 Å². The summed E-state index contributed by atoms with van der Waals surface area (Å²) in [5.41, 5.74) is 0.534. The van der Waals surface area contributed by atoms with Gasteiger partial charge in [0.2, 0.25) is 0 Å². The highest BCUT2D eigenvalue weighted by Gasteiger charge is 2.36. The van der Waals surface area contributed by atoms with Crippen LogP contribution in [-0.4, -0.2) is 10.9 Å². The van der Waals surface area contributed by atoms with Crippen molar-refractivity contribution in [2.45, 2.75) is 51.7 Å². The Morgan fingerprint density at radius 1 is 1.30 bits per heavy atom. The molecule has 0 radical (unpaired) electrons. The van der Waals surface area contributed by atoms with E-state index in [4.69, 9.17) is 4.74 Å². The standard InChI is InChI=1S/C17H24BrFO/c1-13(2)14-7-9-17(12-18,10-8-14)20-11-15-5-3-4-6-16(15)19/h3-6,13-14H,7-12H2,1-2H3. The van der Waals surface area contributed by atoms with Crippen molar-refractivity contribution in [3.05, 3.63) is 35.6 Å². The van der Waals surface area contributed by atoms with Crippen LogP contribution in [0.3, 0.4) is 0 Å². The fraction of sp³-hybridized carbons (Fsp3) is 0.647. The summed E-state index contributed by atoms with van der Waals surface area (Å²) < 4.78 is 19.8. The molecule has 112 valence electrons. The molecule has 1 aliphatic carbocycles. The van der Waals surface area contributed by atoms with Crippen LogP contribution in [-0.2, 0) is 11.3 Å². The lowest BCUT2D eigenvalue weighted by Crippen LogP contribution is -2.39. The maximum atomic E-state index is 13.6. The van der Waals surface area contributed by atoms with Gasteiger partial charge in [0.15, 0.2) is 0 Å². The Labute approximate surface area is 130 Å². The first-order valence-corrected chi connectivity index (χ1v) is 8.62. The van der Waals surface area contributed by atoms with Crippen LogP contribution in [0.2, 0.25) is 0 Å². The first-order valence-electron chi connectivity index (χ1n) is 7.50. The Bertz CT molecular complexity index is 425. The molecule has 0 bridgehead atoms. The lowest BCUT2D eigenvalue weighted by molar-refractivity contribution is -0.0739. The lowest BCUT2D eigenvalue weighted by Gasteiger charge is -2.40. The van der Waals surface area contributed by atoms with Crippen LogP contribution in [0, 0.1) is 17.7 Å². The second-order valence-electron chi connectivity index (χ2n) is 6.28. The minimum absolute atomic E-state index is 0.117. The minimum atomic E-state index is -0.173. The lowest BCUT2D eigenvalue weighted by atomic mass is 9.75. The van der Waals surface area contributed by atoms with E-state index in [1.807, 2.05) is 6.07 Å². The molecule has 0 atom stereocenters. The van der Waals surface area contributed by atoms with E-state index >= 15 is 0 Å². The quantitative estimate of drug-likeness (QED) is 0.657. The Morgan fingerprint density at radius 3 is 2.50 bits per heavy atom. The summed E-state index contributed by atoms with van der Waals surface area (Å²) in [6, 6.07) is 6.87. The number of hydrogen-bond donors (Lipinski definition) is 0. The average molecular weight is 343 g/mol. The summed E-state index contributed by atoms with van der Waals surface area (Å²) in [5.74, 6) is 1.38. The summed E-state index contributed by atoms with van der Waals surface area (Å²) in [6.45, 7) is 4.96. The van der Waals surface area contributed by atoms with E-state index in [-0.39, 0.29) is 11.4 Å². The fourth-order valence-electron chi connectivity index (χ4n) is 3.00. The van der Waals surface area contributed by atoms with E-state index in [2.05, 4.69) is 29.8 Å². The molecule has 20 heavy (non-hydrogen) atoms. The summed E-state index contributed by atoms with van der Waals surface area (Å²) in [7, 11) is 0. The molecule has 3 heteroatoms. The van der Waals surface area contributed by atoms with Gasteiger partial charge in [-0.05, 0) is 43.6 Å². The number of halogens is 2. The smallest absolute Gasteiger partial charge is 0.128 e. The largest absolute Gasteiger partial charge is 0.369 e. The number of benzene rings is 1. The zero-order valence-electron chi connectivity index (χ0n) is 12.4. The third kappa shape index (κ3) is 3.82. The number of rotatable bonds is 5. The molecule has 0 amide bonds. The van der Waals surface area contributed by atoms with Gasteiger partial charge in [0.05, 0.1) is 12.2 Å². The molecule has 0 aromatic heterocycles. The highest BCUT2D eigenvalue weighted by atomic mass is 79.9. The molecule has 0 aliphatic heterocycles. The summed E-state index contributed by atoms with van der Waals surface area (Å²) in [4.78, 5) is 0. The van der Waals surface area contributed by atoms with Crippen LogP contribution in [0.4, 0.5) is 4.39 Å². The second kappa shape index (κ2) is 7.04. The number of alkyl halides is 1. The van der Waals surface area contributed by atoms with Crippen molar-refractivity contribution in [2.75, 3.05) is 5.33 Å². The van der Waals surface area contributed by atoms with Gasteiger partial charge >= 0.3 is 0 Å². The summed E-state index contributed by atoms with van der Waals surface area (Å²) in [6.07, 6.45) is 4.55. The molecule has 0 unspecified atom stereocenters. The molecule has 1 nitrogen and oxygen atoms in total. The first kappa shape index (κ1) is 16.0. The summed E-state index contributed by atoms with van der Waals surface area (Å²) in [5, 5.41) is 0.833. The van der Waals surface area contributed by atoms with Gasteiger partial charge in [-0.2, -0.15) is 0 Å².